The first-order valence-electron chi connectivity index (χ1n) is 10.2. The summed E-state index contributed by atoms with van der Waals surface area (Å²) in [6.45, 7) is 5.66. The average Bonchev–Trinajstić information content (AvgIpc) is 2.88. The van der Waals surface area contributed by atoms with E-state index in [2.05, 4.69) is 10.2 Å². The fourth-order valence-electron chi connectivity index (χ4n) is 3.80. The summed E-state index contributed by atoms with van der Waals surface area (Å²) in [5, 5.41) is 3.07. The summed E-state index contributed by atoms with van der Waals surface area (Å²) in [7, 11) is 0. The zero-order chi connectivity index (χ0) is 18.9. The van der Waals surface area contributed by atoms with Crippen molar-refractivity contribution in [2.24, 2.45) is 0 Å². The van der Waals surface area contributed by atoms with E-state index in [4.69, 9.17) is 4.74 Å². The highest BCUT2D eigenvalue weighted by Gasteiger charge is 2.31. The van der Waals surface area contributed by atoms with Crippen molar-refractivity contribution >= 4 is 11.8 Å². The van der Waals surface area contributed by atoms with E-state index in [-0.39, 0.29) is 17.9 Å². The predicted octanol–water partition coefficient (Wildman–Crippen LogP) is 1.80. The van der Waals surface area contributed by atoms with Gasteiger partial charge in [-0.3, -0.25) is 14.5 Å². The van der Waals surface area contributed by atoms with Crippen LogP contribution in [-0.4, -0.2) is 67.0 Å². The Morgan fingerprint density at radius 2 is 1.93 bits per heavy atom. The van der Waals surface area contributed by atoms with Gasteiger partial charge in [0.2, 0.25) is 11.8 Å². The normalized spacial score (nSPS) is 21.7. The molecule has 1 aromatic carbocycles. The van der Waals surface area contributed by atoms with Crippen molar-refractivity contribution in [3.63, 3.8) is 0 Å². The molecular weight excluding hydrogens is 342 g/mol. The van der Waals surface area contributed by atoms with Gasteiger partial charge in [0, 0.05) is 32.6 Å². The molecule has 2 aliphatic heterocycles. The van der Waals surface area contributed by atoms with E-state index in [0.29, 0.717) is 19.5 Å². The fourth-order valence-corrected chi connectivity index (χ4v) is 3.80. The van der Waals surface area contributed by atoms with Crippen LogP contribution in [-0.2, 0) is 20.9 Å². The van der Waals surface area contributed by atoms with E-state index in [0.717, 1.165) is 64.1 Å². The Morgan fingerprint density at radius 3 is 2.70 bits per heavy atom. The molecule has 6 heteroatoms. The highest BCUT2D eigenvalue weighted by Crippen LogP contribution is 2.20. The summed E-state index contributed by atoms with van der Waals surface area (Å²) in [5.74, 6) is 0.0768. The van der Waals surface area contributed by atoms with Gasteiger partial charge in [-0.2, -0.15) is 0 Å². The summed E-state index contributed by atoms with van der Waals surface area (Å²) in [4.78, 5) is 29.6. The summed E-state index contributed by atoms with van der Waals surface area (Å²) in [6, 6.07) is 9.57. The van der Waals surface area contributed by atoms with Crippen LogP contribution in [0.1, 0.15) is 37.7 Å². The lowest BCUT2D eigenvalue weighted by atomic mass is 10.1. The van der Waals surface area contributed by atoms with Crippen molar-refractivity contribution in [1.29, 1.82) is 0 Å². The van der Waals surface area contributed by atoms with Gasteiger partial charge >= 0.3 is 0 Å². The maximum atomic E-state index is 12.8. The SMILES string of the molecule is O=C(NCCCN1CCOCC1)C1CCCCC(=O)N1Cc1ccccc1. The highest BCUT2D eigenvalue weighted by atomic mass is 16.5. The number of morpholine rings is 1. The van der Waals surface area contributed by atoms with Crippen LogP contribution in [0.4, 0.5) is 0 Å². The van der Waals surface area contributed by atoms with Gasteiger partial charge in [0.1, 0.15) is 6.04 Å². The molecule has 0 radical (unpaired) electrons. The Hall–Kier alpha value is -1.92. The number of nitrogens with zero attached hydrogens (tertiary/aromatic N) is 2. The van der Waals surface area contributed by atoms with E-state index in [1.807, 2.05) is 30.3 Å². The molecule has 27 heavy (non-hydrogen) atoms. The molecule has 3 rings (SSSR count). The molecule has 148 valence electrons. The van der Waals surface area contributed by atoms with Crippen molar-refractivity contribution in [3.8, 4) is 0 Å². The third-order valence-corrected chi connectivity index (χ3v) is 5.37. The van der Waals surface area contributed by atoms with Crippen molar-refractivity contribution in [1.82, 2.24) is 15.1 Å². The lowest BCUT2D eigenvalue weighted by Gasteiger charge is -2.30. The van der Waals surface area contributed by atoms with Crippen LogP contribution in [0, 0.1) is 0 Å². The van der Waals surface area contributed by atoms with Gasteiger partial charge in [-0.05, 0) is 31.4 Å². The number of hydrogen-bond donors (Lipinski definition) is 1. The van der Waals surface area contributed by atoms with Crippen LogP contribution in [0.5, 0.6) is 0 Å². The molecule has 2 heterocycles. The van der Waals surface area contributed by atoms with Gasteiger partial charge in [0.25, 0.3) is 0 Å². The van der Waals surface area contributed by atoms with Gasteiger partial charge in [0.05, 0.1) is 13.2 Å². The average molecular weight is 373 g/mol. The van der Waals surface area contributed by atoms with E-state index >= 15 is 0 Å². The number of amides is 2. The number of nitrogens with one attached hydrogen (secondary N) is 1. The second kappa shape index (κ2) is 10.4. The first-order valence-corrected chi connectivity index (χ1v) is 10.2. The van der Waals surface area contributed by atoms with Crippen molar-refractivity contribution in [3.05, 3.63) is 35.9 Å². The molecule has 0 aromatic heterocycles. The molecule has 2 amide bonds. The number of likely N-dealkylation sites (tertiary alicyclic amines) is 1. The van der Waals surface area contributed by atoms with E-state index in [9.17, 15) is 9.59 Å². The Kier molecular flexibility index (Phi) is 7.66. The second-order valence-corrected chi connectivity index (χ2v) is 7.37. The number of hydrogen-bond acceptors (Lipinski definition) is 4. The maximum absolute atomic E-state index is 12.8. The van der Waals surface area contributed by atoms with E-state index in [1.165, 1.54) is 0 Å². The quantitative estimate of drug-likeness (QED) is 0.741. The zero-order valence-corrected chi connectivity index (χ0v) is 16.1. The Labute approximate surface area is 161 Å². The van der Waals surface area contributed by atoms with Gasteiger partial charge < -0.3 is 15.0 Å². The molecule has 2 aliphatic rings. The minimum Gasteiger partial charge on any atom is -0.379 e. The fraction of sp³-hybridized carbons (Fsp3) is 0.619. The van der Waals surface area contributed by atoms with Gasteiger partial charge in [0.15, 0.2) is 0 Å². The molecular formula is C21H31N3O3. The lowest BCUT2D eigenvalue weighted by Crippen LogP contribution is -2.48. The van der Waals surface area contributed by atoms with Gasteiger partial charge in [-0.25, -0.2) is 0 Å². The minimum atomic E-state index is -0.358. The second-order valence-electron chi connectivity index (χ2n) is 7.37. The molecule has 2 fully saturated rings. The van der Waals surface area contributed by atoms with Gasteiger partial charge in [-0.15, -0.1) is 0 Å². The number of ether oxygens (including phenoxy) is 1. The van der Waals surface area contributed by atoms with Crippen molar-refractivity contribution < 1.29 is 14.3 Å². The predicted molar refractivity (Wildman–Crippen MR) is 104 cm³/mol. The third-order valence-electron chi connectivity index (χ3n) is 5.37. The molecule has 0 spiro atoms. The smallest absolute Gasteiger partial charge is 0.242 e. The van der Waals surface area contributed by atoms with Crippen LogP contribution in [0.3, 0.4) is 0 Å². The Balaban J connectivity index is 1.52. The van der Waals surface area contributed by atoms with Crippen LogP contribution in [0.15, 0.2) is 30.3 Å². The van der Waals surface area contributed by atoms with E-state index < -0.39 is 0 Å². The molecule has 6 nitrogen and oxygen atoms in total. The third kappa shape index (κ3) is 6.04. The zero-order valence-electron chi connectivity index (χ0n) is 16.1. The summed E-state index contributed by atoms with van der Waals surface area (Å²) in [6.07, 6.45) is 3.99. The van der Waals surface area contributed by atoms with E-state index in [1.54, 1.807) is 4.90 Å². The number of rotatable bonds is 7. The molecule has 1 atom stereocenters. The molecule has 1 unspecified atom stereocenters. The molecule has 2 saturated heterocycles. The molecule has 1 N–H and O–H groups in total. The molecule has 0 bridgehead atoms. The maximum Gasteiger partial charge on any atom is 0.242 e. The first-order chi connectivity index (χ1) is 13.2. The lowest BCUT2D eigenvalue weighted by molar-refractivity contribution is -0.140. The van der Waals surface area contributed by atoms with Crippen LogP contribution in [0.25, 0.3) is 0 Å². The first kappa shape index (κ1) is 19.8. The Morgan fingerprint density at radius 1 is 1.15 bits per heavy atom. The van der Waals surface area contributed by atoms with Crippen LogP contribution < -0.4 is 5.32 Å². The molecule has 0 saturated carbocycles. The summed E-state index contributed by atoms with van der Waals surface area (Å²) < 4.78 is 5.36. The van der Waals surface area contributed by atoms with Crippen molar-refractivity contribution in [2.45, 2.75) is 44.7 Å². The topological polar surface area (TPSA) is 61.9 Å². The van der Waals surface area contributed by atoms with Gasteiger partial charge in [-0.1, -0.05) is 36.8 Å². The molecule has 0 aliphatic carbocycles. The van der Waals surface area contributed by atoms with Crippen molar-refractivity contribution in [2.75, 3.05) is 39.4 Å². The standard InChI is InChI=1S/C21H31N3O3/c25-20-10-5-4-9-19(24(20)17-18-7-2-1-3-8-18)21(26)22-11-6-12-23-13-15-27-16-14-23/h1-3,7-8,19H,4-6,9-17H2,(H,22,26). The summed E-state index contributed by atoms with van der Waals surface area (Å²) in [5.41, 5.74) is 1.07. The highest BCUT2D eigenvalue weighted by molar-refractivity contribution is 5.88. The Bertz CT molecular complexity index is 602. The number of carbonyl (C=O) groups excluding carboxylic acids is 2. The number of carbonyl (C=O) groups is 2. The molecule has 1 aromatic rings. The largest absolute Gasteiger partial charge is 0.379 e. The monoisotopic (exact) mass is 373 g/mol. The van der Waals surface area contributed by atoms with Crippen LogP contribution >= 0.6 is 0 Å². The number of benzene rings is 1. The van der Waals surface area contributed by atoms with Crippen LogP contribution in [0.2, 0.25) is 0 Å². The summed E-state index contributed by atoms with van der Waals surface area (Å²) >= 11 is 0. The minimum absolute atomic E-state index is 0.0110.